The minimum absolute atomic E-state index is 0.0552. The maximum Gasteiger partial charge on any atom is 0.241 e. The number of ether oxygens (including phenoxy) is 1. The van der Waals surface area contributed by atoms with Crippen LogP contribution >= 0.6 is 0 Å². The van der Waals surface area contributed by atoms with E-state index in [9.17, 15) is 8.42 Å². The van der Waals surface area contributed by atoms with Crippen LogP contribution in [0.5, 0.6) is 5.75 Å². The second-order valence-electron chi connectivity index (χ2n) is 4.62. The smallest absolute Gasteiger partial charge is 0.241 e. The standard InChI is InChI=1S/C16H16N2O3S/c1-21-15-8-6-13(7-9-15)12-18-22(19,20)16-5-3-2-4-14(16)10-11-17/h2-9,18H,10,12H2,1H3. The summed E-state index contributed by atoms with van der Waals surface area (Å²) in [5.41, 5.74) is 1.31. The molecule has 0 aromatic heterocycles. The van der Waals surface area contributed by atoms with Gasteiger partial charge in [0.2, 0.25) is 10.0 Å². The van der Waals surface area contributed by atoms with Crippen LogP contribution in [0.15, 0.2) is 53.4 Å². The number of nitrogens with one attached hydrogen (secondary N) is 1. The third kappa shape index (κ3) is 3.85. The zero-order chi connectivity index (χ0) is 16.0. The quantitative estimate of drug-likeness (QED) is 0.886. The molecular formula is C16H16N2O3S. The van der Waals surface area contributed by atoms with Crippen molar-refractivity contribution in [1.82, 2.24) is 4.72 Å². The summed E-state index contributed by atoms with van der Waals surface area (Å²) in [5, 5.41) is 8.79. The number of sulfonamides is 1. The van der Waals surface area contributed by atoms with Gasteiger partial charge < -0.3 is 4.74 Å². The van der Waals surface area contributed by atoms with Gasteiger partial charge in [0.05, 0.1) is 24.5 Å². The Kier molecular flexibility index (Phi) is 5.15. The van der Waals surface area contributed by atoms with E-state index < -0.39 is 10.0 Å². The van der Waals surface area contributed by atoms with E-state index in [1.165, 1.54) is 6.07 Å². The number of hydrogen-bond acceptors (Lipinski definition) is 4. The Bertz CT molecular complexity index is 778. The van der Waals surface area contributed by atoms with Crippen molar-refractivity contribution in [3.63, 3.8) is 0 Å². The molecule has 0 saturated carbocycles. The van der Waals surface area contributed by atoms with Crippen LogP contribution in [0.1, 0.15) is 11.1 Å². The molecule has 0 radical (unpaired) electrons. The predicted molar refractivity (Wildman–Crippen MR) is 82.8 cm³/mol. The van der Waals surface area contributed by atoms with E-state index in [2.05, 4.69) is 4.72 Å². The van der Waals surface area contributed by atoms with Crippen molar-refractivity contribution in [3.05, 3.63) is 59.7 Å². The summed E-state index contributed by atoms with van der Waals surface area (Å²) in [6, 6.07) is 15.6. The zero-order valence-corrected chi connectivity index (χ0v) is 12.9. The minimum atomic E-state index is -3.66. The predicted octanol–water partition coefficient (Wildman–Crippen LogP) is 2.24. The summed E-state index contributed by atoms with van der Waals surface area (Å²) in [6.07, 6.45) is 0.0552. The van der Waals surface area contributed by atoms with Gasteiger partial charge in [-0.15, -0.1) is 0 Å². The lowest BCUT2D eigenvalue weighted by atomic mass is 10.2. The number of rotatable bonds is 6. The normalized spacial score (nSPS) is 10.9. The van der Waals surface area contributed by atoms with Gasteiger partial charge in [-0.1, -0.05) is 30.3 Å². The van der Waals surface area contributed by atoms with Gasteiger partial charge >= 0.3 is 0 Å². The van der Waals surface area contributed by atoms with Crippen LogP contribution in [0.4, 0.5) is 0 Å². The first-order valence-electron chi connectivity index (χ1n) is 6.64. The first-order valence-corrected chi connectivity index (χ1v) is 8.12. The molecule has 0 heterocycles. The van der Waals surface area contributed by atoms with Crippen molar-refractivity contribution in [1.29, 1.82) is 5.26 Å². The highest BCUT2D eigenvalue weighted by molar-refractivity contribution is 7.89. The Labute approximate surface area is 130 Å². The molecule has 0 aliphatic carbocycles. The third-order valence-electron chi connectivity index (χ3n) is 3.16. The fraction of sp³-hybridized carbons (Fsp3) is 0.188. The maximum absolute atomic E-state index is 12.4. The Hall–Kier alpha value is -2.36. The van der Waals surface area contributed by atoms with Gasteiger partial charge in [-0.05, 0) is 29.3 Å². The number of benzene rings is 2. The van der Waals surface area contributed by atoms with Crippen LogP contribution in [0.2, 0.25) is 0 Å². The number of nitrogens with zero attached hydrogens (tertiary/aromatic N) is 1. The molecule has 0 aliphatic heterocycles. The van der Waals surface area contributed by atoms with Gasteiger partial charge in [-0.2, -0.15) is 5.26 Å². The van der Waals surface area contributed by atoms with Crippen molar-refractivity contribution in [2.24, 2.45) is 0 Å². The van der Waals surface area contributed by atoms with E-state index in [4.69, 9.17) is 10.00 Å². The fourth-order valence-corrected chi connectivity index (χ4v) is 3.25. The molecule has 1 N–H and O–H groups in total. The van der Waals surface area contributed by atoms with Gasteiger partial charge in [-0.25, -0.2) is 13.1 Å². The van der Waals surface area contributed by atoms with Crippen LogP contribution < -0.4 is 9.46 Å². The highest BCUT2D eigenvalue weighted by Gasteiger charge is 2.17. The van der Waals surface area contributed by atoms with Crippen molar-refractivity contribution in [3.8, 4) is 11.8 Å². The van der Waals surface area contributed by atoms with Gasteiger partial charge in [0, 0.05) is 6.54 Å². The molecular weight excluding hydrogens is 300 g/mol. The average molecular weight is 316 g/mol. The molecule has 0 spiro atoms. The molecule has 114 valence electrons. The second kappa shape index (κ2) is 7.07. The lowest BCUT2D eigenvalue weighted by molar-refractivity contribution is 0.414. The van der Waals surface area contributed by atoms with Crippen molar-refractivity contribution >= 4 is 10.0 Å². The lowest BCUT2D eigenvalue weighted by Gasteiger charge is -2.10. The monoisotopic (exact) mass is 316 g/mol. The van der Waals surface area contributed by atoms with Crippen LogP contribution in [0.25, 0.3) is 0 Å². The largest absolute Gasteiger partial charge is 0.497 e. The third-order valence-corrected chi connectivity index (χ3v) is 4.66. The summed E-state index contributed by atoms with van der Waals surface area (Å²) < 4.78 is 32.4. The molecule has 6 heteroatoms. The number of hydrogen-bond donors (Lipinski definition) is 1. The fourth-order valence-electron chi connectivity index (χ4n) is 2.00. The maximum atomic E-state index is 12.4. The summed E-state index contributed by atoms with van der Waals surface area (Å²) >= 11 is 0. The highest BCUT2D eigenvalue weighted by Crippen LogP contribution is 2.17. The summed E-state index contributed by atoms with van der Waals surface area (Å²) in [6.45, 7) is 0.174. The summed E-state index contributed by atoms with van der Waals surface area (Å²) in [5.74, 6) is 0.714. The minimum Gasteiger partial charge on any atom is -0.497 e. The highest BCUT2D eigenvalue weighted by atomic mass is 32.2. The molecule has 0 aliphatic rings. The van der Waals surface area contributed by atoms with E-state index in [1.807, 2.05) is 6.07 Å². The van der Waals surface area contributed by atoms with E-state index in [1.54, 1.807) is 49.6 Å². The number of methoxy groups -OCH3 is 1. The van der Waals surface area contributed by atoms with Crippen LogP contribution in [-0.4, -0.2) is 15.5 Å². The Morgan fingerprint density at radius 1 is 1.14 bits per heavy atom. The SMILES string of the molecule is COc1ccc(CNS(=O)(=O)c2ccccc2CC#N)cc1. The lowest BCUT2D eigenvalue weighted by Crippen LogP contribution is -2.24. The van der Waals surface area contributed by atoms with E-state index in [-0.39, 0.29) is 17.9 Å². The van der Waals surface area contributed by atoms with Gasteiger partial charge in [0.15, 0.2) is 0 Å². The molecule has 0 saturated heterocycles. The Morgan fingerprint density at radius 3 is 2.45 bits per heavy atom. The van der Waals surface area contributed by atoms with Crippen LogP contribution in [-0.2, 0) is 23.0 Å². The topological polar surface area (TPSA) is 79.2 Å². The zero-order valence-electron chi connectivity index (χ0n) is 12.1. The van der Waals surface area contributed by atoms with Gasteiger partial charge in [0.25, 0.3) is 0 Å². The molecule has 0 unspecified atom stereocenters. The molecule has 2 aromatic carbocycles. The molecule has 0 atom stereocenters. The summed E-state index contributed by atoms with van der Waals surface area (Å²) in [4.78, 5) is 0.144. The molecule has 2 aromatic rings. The Morgan fingerprint density at radius 2 is 1.82 bits per heavy atom. The first kappa shape index (κ1) is 16.0. The van der Waals surface area contributed by atoms with Gasteiger partial charge in [0.1, 0.15) is 5.75 Å². The second-order valence-corrected chi connectivity index (χ2v) is 6.35. The molecule has 22 heavy (non-hydrogen) atoms. The van der Waals surface area contributed by atoms with E-state index >= 15 is 0 Å². The van der Waals surface area contributed by atoms with E-state index in [0.717, 1.165) is 5.56 Å². The molecule has 0 bridgehead atoms. The average Bonchev–Trinajstić information content (AvgIpc) is 2.54. The Balaban J connectivity index is 2.16. The van der Waals surface area contributed by atoms with Crippen molar-refractivity contribution in [2.45, 2.75) is 17.9 Å². The van der Waals surface area contributed by atoms with Crippen LogP contribution in [0, 0.1) is 11.3 Å². The number of nitriles is 1. The summed E-state index contributed by atoms with van der Waals surface area (Å²) in [7, 11) is -2.09. The first-order chi connectivity index (χ1) is 10.6. The van der Waals surface area contributed by atoms with Crippen molar-refractivity contribution < 1.29 is 13.2 Å². The molecule has 5 nitrogen and oxygen atoms in total. The van der Waals surface area contributed by atoms with E-state index in [0.29, 0.717) is 11.3 Å². The van der Waals surface area contributed by atoms with Crippen molar-refractivity contribution in [2.75, 3.05) is 7.11 Å². The van der Waals surface area contributed by atoms with Gasteiger partial charge in [-0.3, -0.25) is 0 Å². The molecule has 2 rings (SSSR count). The molecule has 0 amide bonds. The molecule has 0 fully saturated rings. The van der Waals surface area contributed by atoms with Crippen LogP contribution in [0.3, 0.4) is 0 Å².